The molecular formula is C26H23N3O2. The molecule has 0 N–H and O–H groups in total. The van der Waals surface area contributed by atoms with Crippen LogP contribution in [0.15, 0.2) is 78.0 Å². The maximum Gasteiger partial charge on any atom is 0.254 e. The minimum atomic E-state index is -0.229. The number of hydrazone groups is 1. The number of nitrogens with zero attached hydrogens (tertiary/aromatic N) is 3. The smallest absolute Gasteiger partial charge is 0.254 e. The summed E-state index contributed by atoms with van der Waals surface area (Å²) in [5.41, 5.74) is 3.22. The Balaban J connectivity index is 1.33. The van der Waals surface area contributed by atoms with Gasteiger partial charge < -0.3 is 4.57 Å². The maximum absolute atomic E-state index is 13.0. The highest BCUT2D eigenvalue weighted by molar-refractivity contribution is 6.07. The number of carbonyl (C=O) groups is 2. The van der Waals surface area contributed by atoms with Crippen molar-refractivity contribution in [2.75, 3.05) is 0 Å². The summed E-state index contributed by atoms with van der Waals surface area (Å²) in [5.74, 6) is -0.379. The van der Waals surface area contributed by atoms with E-state index >= 15 is 0 Å². The van der Waals surface area contributed by atoms with Gasteiger partial charge in [0.25, 0.3) is 11.8 Å². The first-order valence-corrected chi connectivity index (χ1v) is 10.9. The Kier molecular flexibility index (Phi) is 4.16. The maximum atomic E-state index is 13.0. The van der Waals surface area contributed by atoms with E-state index in [9.17, 15) is 9.59 Å². The highest BCUT2D eigenvalue weighted by Crippen LogP contribution is 2.49. The lowest BCUT2D eigenvalue weighted by atomic mass is 9.63. The number of allylic oxidation sites excluding steroid dienone is 2. The molecule has 0 spiro atoms. The lowest BCUT2D eigenvalue weighted by Gasteiger charge is -2.37. The van der Waals surface area contributed by atoms with Crippen LogP contribution in [0.5, 0.6) is 0 Å². The van der Waals surface area contributed by atoms with Crippen LogP contribution in [-0.2, 0) is 16.1 Å². The quantitative estimate of drug-likeness (QED) is 0.368. The fourth-order valence-electron chi connectivity index (χ4n) is 5.58. The van der Waals surface area contributed by atoms with E-state index in [1.807, 2.05) is 36.5 Å². The summed E-state index contributed by atoms with van der Waals surface area (Å²) in [7, 11) is 0. The third-order valence-electron chi connectivity index (χ3n) is 7.06. The molecule has 2 amide bonds. The number of carbonyl (C=O) groups excluding carboxylic acids is 2. The highest BCUT2D eigenvalue weighted by Gasteiger charge is 2.56. The van der Waals surface area contributed by atoms with Crippen LogP contribution in [0.1, 0.15) is 24.0 Å². The molecule has 31 heavy (non-hydrogen) atoms. The number of fused-ring (bicyclic) bond motifs is 2. The average Bonchev–Trinajstić information content (AvgIpc) is 3.30. The topological polar surface area (TPSA) is 54.7 Å². The minimum Gasteiger partial charge on any atom is -0.342 e. The van der Waals surface area contributed by atoms with Crippen LogP contribution in [0.25, 0.3) is 10.9 Å². The molecule has 5 nitrogen and oxygen atoms in total. The summed E-state index contributed by atoms with van der Waals surface area (Å²) >= 11 is 0. The summed E-state index contributed by atoms with van der Waals surface area (Å²) in [6, 6.07) is 18.4. The molecule has 0 radical (unpaired) electrons. The van der Waals surface area contributed by atoms with Crippen LogP contribution >= 0.6 is 0 Å². The zero-order chi connectivity index (χ0) is 20.9. The van der Waals surface area contributed by atoms with Gasteiger partial charge in [0, 0.05) is 29.2 Å². The van der Waals surface area contributed by atoms with Crippen molar-refractivity contribution in [3.63, 3.8) is 0 Å². The molecule has 3 aromatic rings. The molecule has 4 aliphatic rings. The first-order valence-electron chi connectivity index (χ1n) is 10.9. The van der Waals surface area contributed by atoms with Crippen molar-refractivity contribution in [1.29, 1.82) is 0 Å². The van der Waals surface area contributed by atoms with Gasteiger partial charge in [-0.3, -0.25) is 9.59 Å². The third kappa shape index (κ3) is 2.87. The van der Waals surface area contributed by atoms with E-state index in [0.717, 1.165) is 40.9 Å². The second kappa shape index (κ2) is 7.05. The second-order valence-corrected chi connectivity index (χ2v) is 8.79. The van der Waals surface area contributed by atoms with Crippen molar-refractivity contribution >= 4 is 28.9 Å². The van der Waals surface area contributed by atoms with Gasteiger partial charge in [-0.1, -0.05) is 60.7 Å². The Hall–Kier alpha value is -3.47. The zero-order valence-corrected chi connectivity index (χ0v) is 17.1. The molecule has 4 atom stereocenters. The molecule has 3 aliphatic carbocycles. The lowest BCUT2D eigenvalue weighted by Crippen LogP contribution is -2.38. The fraction of sp³-hybridized carbons (Fsp3) is 0.269. The van der Waals surface area contributed by atoms with Gasteiger partial charge in [0.15, 0.2) is 0 Å². The Morgan fingerprint density at radius 1 is 0.871 bits per heavy atom. The van der Waals surface area contributed by atoms with Gasteiger partial charge in [-0.25, -0.2) is 0 Å². The molecule has 1 aromatic heterocycles. The molecular weight excluding hydrogens is 386 g/mol. The van der Waals surface area contributed by atoms with E-state index in [-0.39, 0.29) is 35.5 Å². The van der Waals surface area contributed by atoms with E-state index < -0.39 is 0 Å². The number of hydrogen-bond acceptors (Lipinski definition) is 3. The monoisotopic (exact) mass is 409 g/mol. The lowest BCUT2D eigenvalue weighted by molar-refractivity contribution is -0.140. The SMILES string of the molecule is O=C1[C@@H]2[C@@H](C(=O)N1/N=C\c1cn(Cc3ccccc3)c3ccccc13)[C@@H]1C=C[C@@H]2CC1. The predicted molar refractivity (Wildman–Crippen MR) is 119 cm³/mol. The average molecular weight is 409 g/mol. The van der Waals surface area contributed by atoms with Crippen LogP contribution < -0.4 is 0 Å². The molecule has 5 heteroatoms. The van der Waals surface area contributed by atoms with Crippen LogP contribution in [-0.4, -0.2) is 27.6 Å². The normalized spacial score (nSPS) is 27.0. The summed E-state index contributed by atoms with van der Waals surface area (Å²) in [6.07, 6.45) is 9.96. The van der Waals surface area contributed by atoms with Gasteiger partial charge in [0.1, 0.15) is 0 Å². The molecule has 2 heterocycles. The Bertz CT molecular complexity index is 1210. The van der Waals surface area contributed by atoms with Crippen molar-refractivity contribution < 1.29 is 9.59 Å². The fourth-order valence-corrected chi connectivity index (χ4v) is 5.58. The van der Waals surface area contributed by atoms with Crippen LogP contribution in [0.4, 0.5) is 0 Å². The summed E-state index contributed by atoms with van der Waals surface area (Å²) in [5, 5.41) is 6.61. The van der Waals surface area contributed by atoms with Crippen molar-refractivity contribution in [3.05, 3.63) is 84.1 Å². The van der Waals surface area contributed by atoms with Gasteiger partial charge in [-0.05, 0) is 36.3 Å². The summed E-state index contributed by atoms with van der Waals surface area (Å²) < 4.78 is 2.18. The van der Waals surface area contributed by atoms with Crippen molar-refractivity contribution in [2.24, 2.45) is 28.8 Å². The molecule has 1 saturated carbocycles. The molecule has 2 aromatic carbocycles. The molecule has 154 valence electrons. The molecule has 1 saturated heterocycles. The largest absolute Gasteiger partial charge is 0.342 e. The Morgan fingerprint density at radius 3 is 2.19 bits per heavy atom. The molecule has 0 unspecified atom stereocenters. The van der Waals surface area contributed by atoms with E-state index in [0.29, 0.717) is 0 Å². The number of hydrogen-bond donors (Lipinski definition) is 0. The Labute approximate surface area is 180 Å². The van der Waals surface area contributed by atoms with Crippen molar-refractivity contribution in [1.82, 2.24) is 9.58 Å². The first-order chi connectivity index (χ1) is 15.2. The van der Waals surface area contributed by atoms with Gasteiger partial charge in [0.05, 0.1) is 18.1 Å². The van der Waals surface area contributed by atoms with Crippen LogP contribution in [0.3, 0.4) is 0 Å². The van der Waals surface area contributed by atoms with Gasteiger partial charge >= 0.3 is 0 Å². The molecule has 7 rings (SSSR count). The highest BCUT2D eigenvalue weighted by atomic mass is 16.2. The number of imide groups is 1. The second-order valence-electron chi connectivity index (χ2n) is 8.79. The van der Waals surface area contributed by atoms with Crippen LogP contribution in [0, 0.1) is 23.7 Å². The number of aromatic nitrogens is 1. The first kappa shape index (κ1) is 18.3. The number of amides is 2. The van der Waals surface area contributed by atoms with Gasteiger partial charge in [-0.2, -0.15) is 10.1 Å². The Morgan fingerprint density at radius 2 is 1.52 bits per heavy atom. The van der Waals surface area contributed by atoms with Crippen molar-refractivity contribution in [3.8, 4) is 0 Å². The zero-order valence-electron chi connectivity index (χ0n) is 17.1. The van der Waals surface area contributed by atoms with Gasteiger partial charge in [-0.15, -0.1) is 0 Å². The van der Waals surface area contributed by atoms with Crippen molar-refractivity contribution in [2.45, 2.75) is 19.4 Å². The number of benzene rings is 2. The standard InChI is InChI=1S/C26H23N3O2/c30-25-23-18-10-11-19(13-12-18)24(23)26(31)29(25)27-14-20-16-28(15-17-6-2-1-3-7-17)22-9-5-4-8-21(20)22/h1-11,14,16,18-19,23-24H,12-13,15H2/b27-14-/t18-,19-,23+,24+/m1/s1. The van der Waals surface area contributed by atoms with E-state index in [1.165, 1.54) is 5.56 Å². The summed E-state index contributed by atoms with van der Waals surface area (Å²) in [4.78, 5) is 26.0. The molecule has 2 bridgehead atoms. The molecule has 2 fully saturated rings. The van der Waals surface area contributed by atoms with Gasteiger partial charge in [0.2, 0.25) is 0 Å². The third-order valence-corrected chi connectivity index (χ3v) is 7.06. The van der Waals surface area contributed by atoms with Crippen LogP contribution in [0.2, 0.25) is 0 Å². The number of rotatable bonds is 4. The van der Waals surface area contributed by atoms with E-state index in [1.54, 1.807) is 6.21 Å². The number of para-hydroxylation sites is 1. The predicted octanol–water partition coefficient (Wildman–Crippen LogP) is 4.22. The minimum absolute atomic E-state index is 0.140. The van der Waals surface area contributed by atoms with E-state index in [4.69, 9.17) is 0 Å². The molecule has 1 aliphatic heterocycles. The summed E-state index contributed by atoms with van der Waals surface area (Å²) in [6.45, 7) is 0.746. The van der Waals surface area contributed by atoms with E-state index in [2.05, 4.69) is 46.1 Å².